The molecule has 0 aliphatic heterocycles. The molecule has 0 saturated heterocycles. The SMILES string of the molecule is c1ccc2c(c1)[nH]c1c2ccc2[nH]c3ccccc3c21.c1ccc2c(c1)[nH]c1c2ccc2c3ccccc3[nH]c21.c1ccc2c(c1)[nH]c1cc3[nH]c4ccccc4c3cc12.c1ccc2c(c1)[nH]c1cc3c(cc12)[nH]c1ccccc13.c1ccc2c(c1)[nH]c1ccc3[nH]c4ccccc4c3c12. The lowest BCUT2D eigenvalue weighted by Gasteiger charge is -1.96. The molecule has 0 saturated carbocycles. The van der Waals surface area contributed by atoms with Crippen molar-refractivity contribution in [1.29, 1.82) is 0 Å². The normalized spacial score (nSPS) is 12.0. The number of rotatable bonds is 0. The van der Waals surface area contributed by atoms with Crippen LogP contribution in [0.5, 0.6) is 0 Å². The number of hydrogen-bond donors (Lipinski definition) is 10. The van der Waals surface area contributed by atoms with Crippen LogP contribution in [-0.2, 0) is 0 Å². The van der Waals surface area contributed by atoms with Crippen molar-refractivity contribution in [3.8, 4) is 0 Å². The van der Waals surface area contributed by atoms with Crippen LogP contribution < -0.4 is 0 Å². The molecule has 0 atom stereocenters. The van der Waals surface area contributed by atoms with E-state index in [1.54, 1.807) is 0 Å². The van der Waals surface area contributed by atoms with Gasteiger partial charge in [-0.15, -0.1) is 0 Å². The van der Waals surface area contributed by atoms with Crippen LogP contribution in [0.1, 0.15) is 0 Å². The van der Waals surface area contributed by atoms with Crippen molar-refractivity contribution in [2.45, 2.75) is 0 Å². The third kappa shape index (κ3) is 8.70. The highest BCUT2D eigenvalue weighted by Crippen LogP contribution is 2.41. The van der Waals surface area contributed by atoms with E-state index in [0.717, 1.165) is 0 Å². The Morgan fingerprint density at radius 1 is 0.110 bits per heavy atom. The van der Waals surface area contributed by atoms with Crippen molar-refractivity contribution in [3.05, 3.63) is 303 Å². The summed E-state index contributed by atoms with van der Waals surface area (Å²) in [6.45, 7) is 0. The Hall–Kier alpha value is -13.7. The highest BCUT2D eigenvalue weighted by atomic mass is 14.8. The van der Waals surface area contributed by atoms with Crippen LogP contribution in [0.4, 0.5) is 0 Å². The molecule has 10 N–H and O–H groups in total. The summed E-state index contributed by atoms with van der Waals surface area (Å²) in [6.07, 6.45) is 0. The fourth-order valence-electron chi connectivity index (χ4n) is 16.2. The quantitative estimate of drug-likeness (QED) is 0.0702. The van der Waals surface area contributed by atoms with Crippen LogP contribution in [0.3, 0.4) is 0 Å². The van der Waals surface area contributed by atoms with Crippen LogP contribution in [0, 0.1) is 0 Å². The molecule has 0 aliphatic carbocycles. The smallest absolute Gasteiger partial charge is 0.0710 e. The van der Waals surface area contributed by atoms with Gasteiger partial charge in [-0.25, -0.2) is 0 Å². The Morgan fingerprint density at radius 3 is 0.670 bits per heavy atom. The van der Waals surface area contributed by atoms with Gasteiger partial charge in [0.2, 0.25) is 0 Å². The second kappa shape index (κ2) is 21.9. The fourth-order valence-corrected chi connectivity index (χ4v) is 16.2. The van der Waals surface area contributed by atoms with E-state index < -0.39 is 0 Å². The Balaban J connectivity index is 0.0000000818. The molecular formula is C90H60N10. The monoisotopic (exact) mass is 1280 g/mol. The highest BCUT2D eigenvalue weighted by molar-refractivity contribution is 6.29. The van der Waals surface area contributed by atoms with Gasteiger partial charge in [0.1, 0.15) is 0 Å². The van der Waals surface area contributed by atoms with Crippen LogP contribution >= 0.6 is 0 Å². The summed E-state index contributed by atoms with van der Waals surface area (Å²) in [6, 6.07) is 107. The molecule has 470 valence electrons. The van der Waals surface area contributed by atoms with Crippen molar-refractivity contribution in [1.82, 2.24) is 49.8 Å². The van der Waals surface area contributed by atoms with Crippen LogP contribution in [0.25, 0.3) is 218 Å². The highest BCUT2D eigenvalue weighted by Gasteiger charge is 2.17. The van der Waals surface area contributed by atoms with Crippen molar-refractivity contribution in [2.24, 2.45) is 0 Å². The van der Waals surface area contributed by atoms with Gasteiger partial charge in [-0.2, -0.15) is 0 Å². The zero-order valence-corrected chi connectivity index (χ0v) is 53.9. The van der Waals surface area contributed by atoms with Gasteiger partial charge < -0.3 is 49.8 Å². The number of benzene rings is 15. The van der Waals surface area contributed by atoms with Gasteiger partial charge in [-0.1, -0.05) is 200 Å². The lowest BCUT2D eigenvalue weighted by atomic mass is 10.1. The van der Waals surface area contributed by atoms with Gasteiger partial charge >= 0.3 is 0 Å². The predicted octanol–water partition coefficient (Wildman–Crippen LogP) is 24.8. The largest absolute Gasteiger partial charge is 0.354 e. The molecule has 10 heteroatoms. The standard InChI is InChI=1S/5C18H12N2/c1-3-7-15-11(5-1)13-9-18-14(10-17(13)19-15)12-6-2-4-8-16(12)20-18;1-3-7-15-11(5-1)13-9-14-12-6-2-4-8-16(12)20-18(14)10-17(13)19-15;1-3-7-14-11(5-1)12-9-10-16-17(18(12)20-14)13-6-2-4-8-15(13)19-16;1-3-7-15-11(5-1)13-9-10-14-12-6-2-4-8-16(12)20-18(14)17(13)19-15;1-3-7-13-11(5-1)17-15(19-13)9-10-16-18(17)12-6-2-4-8-14(12)20-16/h5*1-10,19-20H. The molecule has 0 fully saturated rings. The van der Waals surface area contributed by atoms with Gasteiger partial charge in [-0.05, 0) is 103 Å². The first-order valence-corrected chi connectivity index (χ1v) is 34.1. The third-order valence-electron chi connectivity index (χ3n) is 20.7. The van der Waals surface area contributed by atoms with E-state index in [9.17, 15) is 0 Å². The minimum Gasteiger partial charge on any atom is -0.354 e. The maximum Gasteiger partial charge on any atom is 0.0710 e. The number of hydrogen-bond acceptors (Lipinski definition) is 0. The van der Waals surface area contributed by atoms with E-state index in [1.165, 1.54) is 218 Å². The van der Waals surface area contributed by atoms with E-state index in [0.29, 0.717) is 0 Å². The number of H-pyrrole nitrogens is 10. The summed E-state index contributed by atoms with van der Waals surface area (Å²) in [5, 5.41) is 25.7. The van der Waals surface area contributed by atoms with E-state index in [4.69, 9.17) is 0 Å². The molecule has 15 aromatic carbocycles. The molecule has 0 bridgehead atoms. The average molecular weight is 1280 g/mol. The maximum absolute atomic E-state index is 3.58. The van der Waals surface area contributed by atoms with E-state index in [-0.39, 0.29) is 0 Å². The molecule has 100 heavy (non-hydrogen) atoms. The Labute approximate surface area is 567 Å². The van der Waals surface area contributed by atoms with Gasteiger partial charge in [-0.3, -0.25) is 0 Å². The lowest BCUT2D eigenvalue weighted by molar-refractivity contribution is 1.51. The second-order valence-electron chi connectivity index (χ2n) is 26.3. The Bertz CT molecular complexity index is 7150. The number of para-hydroxylation sites is 10. The molecular weight excluding hydrogens is 1220 g/mol. The average Bonchev–Trinajstić information content (AvgIpc) is 1.60. The molecule has 25 aromatic rings. The van der Waals surface area contributed by atoms with Crippen molar-refractivity contribution < 1.29 is 0 Å². The molecule has 10 heterocycles. The summed E-state index contributed by atoms with van der Waals surface area (Å²) in [7, 11) is 0. The Kier molecular flexibility index (Phi) is 12.2. The topological polar surface area (TPSA) is 158 Å². The second-order valence-corrected chi connectivity index (χ2v) is 26.3. The first-order chi connectivity index (χ1) is 49.5. The van der Waals surface area contributed by atoms with Crippen molar-refractivity contribution in [3.63, 3.8) is 0 Å². The zero-order chi connectivity index (χ0) is 65.5. The molecule has 10 aromatic heterocycles. The minimum absolute atomic E-state index is 1.19. The van der Waals surface area contributed by atoms with Gasteiger partial charge in [0.15, 0.2) is 0 Å². The van der Waals surface area contributed by atoms with Gasteiger partial charge in [0, 0.05) is 202 Å². The summed E-state index contributed by atoms with van der Waals surface area (Å²) in [5.41, 5.74) is 23.9. The Morgan fingerprint density at radius 2 is 0.320 bits per heavy atom. The number of aromatic amines is 10. The fraction of sp³-hybridized carbons (Fsp3) is 0. The molecule has 0 aliphatic rings. The molecule has 25 rings (SSSR count). The molecule has 0 radical (unpaired) electrons. The van der Waals surface area contributed by atoms with Crippen LogP contribution in [0.15, 0.2) is 303 Å². The van der Waals surface area contributed by atoms with E-state index in [1.807, 2.05) is 0 Å². The minimum atomic E-state index is 1.19. The van der Waals surface area contributed by atoms with Crippen molar-refractivity contribution in [2.75, 3.05) is 0 Å². The summed E-state index contributed by atoms with van der Waals surface area (Å²) in [4.78, 5) is 35.2. The summed E-state index contributed by atoms with van der Waals surface area (Å²) >= 11 is 0. The van der Waals surface area contributed by atoms with E-state index in [2.05, 4.69) is 353 Å². The summed E-state index contributed by atoms with van der Waals surface area (Å²) < 4.78 is 0. The zero-order valence-electron chi connectivity index (χ0n) is 53.9. The molecule has 10 nitrogen and oxygen atoms in total. The number of aromatic nitrogens is 10. The molecule has 0 unspecified atom stereocenters. The summed E-state index contributed by atoms with van der Waals surface area (Å²) in [5.74, 6) is 0. The number of fused-ring (bicyclic) bond motifs is 33. The third-order valence-corrected chi connectivity index (χ3v) is 20.7. The van der Waals surface area contributed by atoms with Crippen molar-refractivity contribution >= 4 is 218 Å². The van der Waals surface area contributed by atoms with Gasteiger partial charge in [0.25, 0.3) is 0 Å². The first-order valence-electron chi connectivity index (χ1n) is 34.1. The maximum atomic E-state index is 3.58. The molecule has 0 amide bonds. The lowest BCUT2D eigenvalue weighted by Crippen LogP contribution is -1.72. The number of nitrogens with one attached hydrogen (secondary N) is 10. The van der Waals surface area contributed by atoms with Crippen LogP contribution in [-0.4, -0.2) is 49.8 Å². The van der Waals surface area contributed by atoms with Gasteiger partial charge in [0.05, 0.1) is 16.6 Å². The molecule has 0 spiro atoms. The van der Waals surface area contributed by atoms with E-state index >= 15 is 0 Å². The first kappa shape index (κ1) is 55.6. The predicted molar refractivity (Wildman–Crippen MR) is 426 cm³/mol. The van der Waals surface area contributed by atoms with Crippen LogP contribution in [0.2, 0.25) is 0 Å².